The van der Waals surface area contributed by atoms with Gasteiger partial charge in [0.2, 0.25) is 5.91 Å². The number of carbonyl (C=O) groups is 1. The van der Waals surface area contributed by atoms with Crippen LogP contribution in [0, 0.1) is 5.92 Å². The van der Waals surface area contributed by atoms with Gasteiger partial charge < -0.3 is 15.4 Å². The number of rotatable bonds is 8. The zero-order chi connectivity index (χ0) is 14.1. The molecule has 0 saturated heterocycles. The number of hydrogen-bond donors (Lipinski definition) is 2. The molecule has 0 aliphatic carbocycles. The Labute approximate surface area is 115 Å². The third-order valence-electron chi connectivity index (χ3n) is 2.75. The van der Waals surface area contributed by atoms with Crippen LogP contribution < -0.4 is 15.4 Å². The molecule has 1 aromatic carbocycles. The van der Waals surface area contributed by atoms with Crippen LogP contribution in [0.5, 0.6) is 5.75 Å². The van der Waals surface area contributed by atoms with Crippen LogP contribution in [0.4, 0.5) is 0 Å². The number of para-hydroxylation sites is 1. The lowest BCUT2D eigenvalue weighted by Crippen LogP contribution is -2.28. The largest absolute Gasteiger partial charge is 0.496 e. The summed E-state index contributed by atoms with van der Waals surface area (Å²) in [5.74, 6) is 1.47. The van der Waals surface area contributed by atoms with E-state index in [1.165, 1.54) is 0 Å². The molecular weight excluding hydrogens is 240 g/mol. The molecule has 0 spiro atoms. The van der Waals surface area contributed by atoms with Gasteiger partial charge in [0, 0.05) is 25.1 Å². The summed E-state index contributed by atoms with van der Waals surface area (Å²) in [5, 5.41) is 6.15. The van der Waals surface area contributed by atoms with Crippen LogP contribution >= 0.6 is 0 Å². The third kappa shape index (κ3) is 6.25. The lowest BCUT2D eigenvalue weighted by molar-refractivity contribution is -0.121. The molecule has 1 rings (SSSR count). The molecule has 0 aliphatic rings. The maximum absolute atomic E-state index is 11.7. The van der Waals surface area contributed by atoms with Gasteiger partial charge in [-0.15, -0.1) is 0 Å². The SMILES string of the molecule is COc1ccccc1CNC(=O)CCNCC(C)C. The number of hydrogen-bond acceptors (Lipinski definition) is 3. The summed E-state index contributed by atoms with van der Waals surface area (Å²) in [6.45, 7) is 6.46. The molecule has 0 radical (unpaired) electrons. The zero-order valence-corrected chi connectivity index (χ0v) is 12.0. The summed E-state index contributed by atoms with van der Waals surface area (Å²) in [4.78, 5) is 11.7. The van der Waals surface area contributed by atoms with Crippen molar-refractivity contribution >= 4 is 5.91 Å². The molecule has 2 N–H and O–H groups in total. The van der Waals surface area contributed by atoms with Gasteiger partial charge in [-0.05, 0) is 18.5 Å². The molecule has 19 heavy (non-hydrogen) atoms. The number of ether oxygens (including phenoxy) is 1. The van der Waals surface area contributed by atoms with E-state index in [4.69, 9.17) is 4.74 Å². The molecule has 0 unspecified atom stereocenters. The minimum Gasteiger partial charge on any atom is -0.496 e. The Hall–Kier alpha value is -1.55. The van der Waals surface area contributed by atoms with Crippen LogP contribution in [0.2, 0.25) is 0 Å². The van der Waals surface area contributed by atoms with E-state index in [9.17, 15) is 4.79 Å². The molecule has 0 aliphatic heterocycles. The average Bonchev–Trinajstić information content (AvgIpc) is 2.41. The monoisotopic (exact) mass is 264 g/mol. The molecule has 106 valence electrons. The van der Waals surface area contributed by atoms with Gasteiger partial charge in [0.05, 0.1) is 7.11 Å². The summed E-state index contributed by atoms with van der Waals surface area (Å²) in [6.07, 6.45) is 0.502. The number of carbonyl (C=O) groups excluding carboxylic acids is 1. The minimum absolute atomic E-state index is 0.0576. The van der Waals surface area contributed by atoms with Crippen LogP contribution in [0.1, 0.15) is 25.8 Å². The van der Waals surface area contributed by atoms with Crippen LogP contribution in [0.15, 0.2) is 24.3 Å². The molecule has 0 bridgehead atoms. The van der Waals surface area contributed by atoms with Gasteiger partial charge in [0.1, 0.15) is 5.75 Å². The maximum atomic E-state index is 11.7. The Morgan fingerprint density at radius 3 is 2.74 bits per heavy atom. The summed E-state index contributed by atoms with van der Waals surface area (Å²) < 4.78 is 5.24. The highest BCUT2D eigenvalue weighted by molar-refractivity contribution is 5.76. The summed E-state index contributed by atoms with van der Waals surface area (Å²) in [7, 11) is 1.64. The van der Waals surface area contributed by atoms with Crippen LogP contribution in [-0.2, 0) is 11.3 Å². The lowest BCUT2D eigenvalue weighted by atomic mass is 10.2. The zero-order valence-electron chi connectivity index (χ0n) is 12.0. The van der Waals surface area contributed by atoms with Gasteiger partial charge in [-0.2, -0.15) is 0 Å². The predicted molar refractivity (Wildman–Crippen MR) is 77.2 cm³/mol. The van der Waals surface area contributed by atoms with Gasteiger partial charge in [-0.25, -0.2) is 0 Å². The van der Waals surface area contributed by atoms with E-state index in [0.717, 1.165) is 24.4 Å². The molecule has 0 saturated carbocycles. The van der Waals surface area contributed by atoms with E-state index >= 15 is 0 Å². The highest BCUT2D eigenvalue weighted by atomic mass is 16.5. The Balaban J connectivity index is 2.26. The maximum Gasteiger partial charge on any atom is 0.221 e. The first kappa shape index (κ1) is 15.5. The van der Waals surface area contributed by atoms with Gasteiger partial charge >= 0.3 is 0 Å². The second kappa shape index (κ2) is 8.53. The van der Waals surface area contributed by atoms with E-state index in [1.807, 2.05) is 24.3 Å². The topological polar surface area (TPSA) is 50.4 Å². The Kier molecular flexibility index (Phi) is 6.97. The van der Waals surface area contributed by atoms with Crippen molar-refractivity contribution in [1.82, 2.24) is 10.6 Å². The van der Waals surface area contributed by atoms with Crippen LogP contribution in [0.25, 0.3) is 0 Å². The normalized spacial score (nSPS) is 10.5. The highest BCUT2D eigenvalue weighted by Gasteiger charge is 2.04. The van der Waals surface area contributed by atoms with Crippen molar-refractivity contribution in [3.63, 3.8) is 0 Å². The minimum atomic E-state index is 0.0576. The fourth-order valence-corrected chi connectivity index (χ4v) is 1.72. The standard InChI is InChI=1S/C15H24N2O2/c1-12(2)10-16-9-8-15(18)17-11-13-6-4-5-7-14(13)19-3/h4-7,12,16H,8-11H2,1-3H3,(H,17,18). The van der Waals surface area contributed by atoms with Crippen molar-refractivity contribution in [3.8, 4) is 5.75 Å². The smallest absolute Gasteiger partial charge is 0.221 e. The summed E-state index contributed by atoms with van der Waals surface area (Å²) in [5.41, 5.74) is 0.994. The van der Waals surface area contributed by atoms with E-state index in [-0.39, 0.29) is 5.91 Å². The molecule has 0 fully saturated rings. The molecule has 4 nitrogen and oxygen atoms in total. The van der Waals surface area contributed by atoms with Gasteiger partial charge in [0.15, 0.2) is 0 Å². The number of methoxy groups -OCH3 is 1. The fourth-order valence-electron chi connectivity index (χ4n) is 1.72. The number of nitrogens with one attached hydrogen (secondary N) is 2. The first-order chi connectivity index (χ1) is 9.13. The number of amides is 1. The molecule has 1 amide bonds. The van der Waals surface area contributed by atoms with Gasteiger partial charge in [-0.3, -0.25) is 4.79 Å². The first-order valence-corrected chi connectivity index (χ1v) is 6.72. The van der Waals surface area contributed by atoms with E-state index < -0.39 is 0 Å². The lowest BCUT2D eigenvalue weighted by Gasteiger charge is -2.10. The number of benzene rings is 1. The van der Waals surface area contributed by atoms with Crippen molar-refractivity contribution in [2.24, 2.45) is 5.92 Å². The second-order valence-electron chi connectivity index (χ2n) is 4.94. The highest BCUT2D eigenvalue weighted by Crippen LogP contribution is 2.16. The molecular formula is C15H24N2O2. The van der Waals surface area contributed by atoms with Crippen molar-refractivity contribution in [2.45, 2.75) is 26.8 Å². The molecule has 0 heterocycles. The summed E-state index contributed by atoms with van der Waals surface area (Å²) in [6, 6.07) is 7.70. The Morgan fingerprint density at radius 1 is 1.32 bits per heavy atom. The predicted octanol–water partition coefficient (Wildman–Crippen LogP) is 1.95. The van der Waals surface area contributed by atoms with Crippen LogP contribution in [0.3, 0.4) is 0 Å². The fraction of sp³-hybridized carbons (Fsp3) is 0.533. The van der Waals surface area contributed by atoms with Crippen molar-refractivity contribution in [2.75, 3.05) is 20.2 Å². The molecule has 1 aromatic rings. The van der Waals surface area contributed by atoms with E-state index in [1.54, 1.807) is 7.11 Å². The van der Waals surface area contributed by atoms with Crippen molar-refractivity contribution in [1.29, 1.82) is 0 Å². The third-order valence-corrected chi connectivity index (χ3v) is 2.75. The molecule has 0 aromatic heterocycles. The average molecular weight is 264 g/mol. The molecule has 4 heteroatoms. The quantitative estimate of drug-likeness (QED) is 0.706. The van der Waals surface area contributed by atoms with E-state index in [2.05, 4.69) is 24.5 Å². The summed E-state index contributed by atoms with van der Waals surface area (Å²) >= 11 is 0. The van der Waals surface area contributed by atoms with Crippen molar-refractivity contribution in [3.05, 3.63) is 29.8 Å². The first-order valence-electron chi connectivity index (χ1n) is 6.72. The van der Waals surface area contributed by atoms with Crippen molar-refractivity contribution < 1.29 is 9.53 Å². The van der Waals surface area contributed by atoms with E-state index in [0.29, 0.717) is 18.9 Å². The van der Waals surface area contributed by atoms with Crippen LogP contribution in [-0.4, -0.2) is 26.1 Å². The van der Waals surface area contributed by atoms with Gasteiger partial charge in [-0.1, -0.05) is 32.0 Å². The molecule has 0 atom stereocenters. The Morgan fingerprint density at radius 2 is 2.05 bits per heavy atom. The Bertz CT molecular complexity index is 391. The second-order valence-corrected chi connectivity index (χ2v) is 4.94. The van der Waals surface area contributed by atoms with Gasteiger partial charge in [0.25, 0.3) is 0 Å².